The van der Waals surface area contributed by atoms with E-state index in [0.29, 0.717) is 48.1 Å². The molecule has 5 rings (SSSR count). The summed E-state index contributed by atoms with van der Waals surface area (Å²) in [5.74, 6) is 1.82. The number of amidine groups is 1. The van der Waals surface area contributed by atoms with Crippen LogP contribution in [0.2, 0.25) is 0 Å². The Morgan fingerprint density at radius 2 is 2.11 bits per heavy atom. The summed E-state index contributed by atoms with van der Waals surface area (Å²) in [7, 11) is -3.86. The number of fused-ring (bicyclic) bond motifs is 1. The molecule has 0 bridgehead atoms. The smallest absolute Gasteiger partial charge is 0.344 e. The molecule has 0 aliphatic carbocycles. The number of hydrogen-bond acceptors (Lipinski definition) is 7. The molecule has 4 heterocycles. The molecule has 0 unspecified atom stereocenters. The van der Waals surface area contributed by atoms with Crippen LogP contribution in [-0.2, 0) is 10.2 Å². The Morgan fingerprint density at radius 1 is 1.26 bits per heavy atom. The fourth-order valence-electron chi connectivity index (χ4n) is 4.42. The number of likely N-dealkylation sites (tertiary alicyclic amines) is 1. The molecule has 2 aliphatic heterocycles. The molecule has 2 aromatic heterocycles. The van der Waals surface area contributed by atoms with Crippen LogP contribution in [0.3, 0.4) is 0 Å². The summed E-state index contributed by atoms with van der Waals surface area (Å²) in [5, 5.41) is 0. The summed E-state index contributed by atoms with van der Waals surface area (Å²) in [5.41, 5.74) is 7.22. The Bertz CT molecular complexity index is 1420. The Balaban J connectivity index is 1.27. The van der Waals surface area contributed by atoms with Crippen molar-refractivity contribution in [3.63, 3.8) is 0 Å². The number of piperidine rings is 1. The molecule has 182 valence electrons. The average Bonchev–Trinajstić information content (AvgIpc) is 3.27. The molecule has 3 aromatic rings. The van der Waals surface area contributed by atoms with Crippen LogP contribution < -0.4 is 15.2 Å². The highest BCUT2D eigenvalue weighted by Gasteiger charge is 2.27. The molecule has 1 amide bonds. The molecule has 1 aromatic carbocycles. The van der Waals surface area contributed by atoms with Crippen LogP contribution >= 0.6 is 0 Å². The number of aryl methyl sites for hydroxylation is 1. The van der Waals surface area contributed by atoms with Crippen molar-refractivity contribution in [2.75, 3.05) is 24.4 Å². The summed E-state index contributed by atoms with van der Waals surface area (Å²) in [6, 6.07) is 8.52. The van der Waals surface area contributed by atoms with Crippen molar-refractivity contribution < 1.29 is 17.9 Å². The van der Waals surface area contributed by atoms with E-state index in [-0.39, 0.29) is 17.7 Å². The number of anilines is 1. The van der Waals surface area contributed by atoms with Gasteiger partial charge in [0.1, 0.15) is 17.4 Å². The summed E-state index contributed by atoms with van der Waals surface area (Å²) >= 11 is 0. The van der Waals surface area contributed by atoms with Gasteiger partial charge in [0.25, 0.3) is 5.91 Å². The lowest BCUT2D eigenvalue weighted by Crippen LogP contribution is -2.41. The number of hydrogen-bond donors (Lipinski definition) is 2. The molecule has 12 heteroatoms. The highest BCUT2D eigenvalue weighted by molar-refractivity contribution is 7.91. The Labute approximate surface area is 202 Å². The van der Waals surface area contributed by atoms with E-state index in [2.05, 4.69) is 19.1 Å². The maximum Gasteiger partial charge on any atom is 0.344 e. The maximum absolute atomic E-state index is 13.3. The first-order chi connectivity index (χ1) is 16.8. The van der Waals surface area contributed by atoms with Crippen LogP contribution in [0.1, 0.15) is 34.6 Å². The van der Waals surface area contributed by atoms with Gasteiger partial charge in [0.2, 0.25) is 0 Å². The van der Waals surface area contributed by atoms with E-state index in [9.17, 15) is 13.2 Å². The van der Waals surface area contributed by atoms with Crippen LogP contribution in [0, 0.1) is 12.8 Å². The largest absolute Gasteiger partial charge is 0.492 e. The fraction of sp³-hybridized carbons (Fsp3) is 0.304. The molecule has 0 saturated carbocycles. The predicted molar refractivity (Wildman–Crippen MR) is 130 cm³/mol. The van der Waals surface area contributed by atoms with Gasteiger partial charge < -0.3 is 15.4 Å². The van der Waals surface area contributed by atoms with E-state index in [1.165, 1.54) is 0 Å². The first-order valence-electron chi connectivity index (χ1n) is 11.2. The highest BCUT2D eigenvalue weighted by Crippen LogP contribution is 2.31. The number of nitrogens with two attached hydrogens (primary N) is 1. The molecule has 1 fully saturated rings. The monoisotopic (exact) mass is 495 g/mol. The third kappa shape index (κ3) is 4.69. The number of benzene rings is 1. The second kappa shape index (κ2) is 9.02. The number of rotatable bonds is 5. The number of nitrogens with one attached hydrogen (secondary N) is 1. The third-order valence-electron chi connectivity index (χ3n) is 6.09. The number of nitrogens with zero attached hydrogens (tertiary/aromatic N) is 5. The standard InChI is InChI=1S/C23H25N7O4S/c1-15-25-9-11-30(15)20-12-17(7-8-26-20)23(31)29-10-3-4-16(13-29)14-34-19-6-2-5-18-21(19)22(24)28-35(32,33)27-18/h2,5-9,11-12,16,27H,3-4,10,13-14H2,1H3,(H2,24,28)/t16-/m0/s1. The third-order valence-corrected chi connectivity index (χ3v) is 7.00. The number of imidazole rings is 1. The maximum atomic E-state index is 13.3. The molecule has 1 atom stereocenters. The minimum Gasteiger partial charge on any atom is -0.492 e. The zero-order chi connectivity index (χ0) is 24.6. The van der Waals surface area contributed by atoms with Crippen LogP contribution in [0.4, 0.5) is 5.69 Å². The molecular weight excluding hydrogens is 470 g/mol. The molecule has 11 nitrogen and oxygen atoms in total. The number of pyridine rings is 1. The number of aromatic nitrogens is 3. The van der Waals surface area contributed by atoms with Crippen molar-refractivity contribution in [3.05, 3.63) is 65.9 Å². The van der Waals surface area contributed by atoms with Crippen LogP contribution in [0.15, 0.2) is 53.3 Å². The predicted octanol–water partition coefficient (Wildman–Crippen LogP) is 1.88. The van der Waals surface area contributed by atoms with Gasteiger partial charge >= 0.3 is 10.2 Å². The topological polar surface area (TPSA) is 145 Å². The van der Waals surface area contributed by atoms with Gasteiger partial charge in [0, 0.05) is 43.2 Å². The molecule has 1 saturated heterocycles. The minimum absolute atomic E-state index is 0.0565. The molecule has 0 spiro atoms. The summed E-state index contributed by atoms with van der Waals surface area (Å²) in [6.07, 6.45) is 6.90. The first-order valence-corrected chi connectivity index (χ1v) is 12.6. The van der Waals surface area contributed by atoms with E-state index in [4.69, 9.17) is 10.5 Å². The van der Waals surface area contributed by atoms with Crippen LogP contribution in [0.25, 0.3) is 5.82 Å². The quantitative estimate of drug-likeness (QED) is 0.550. The van der Waals surface area contributed by atoms with E-state index in [0.717, 1.165) is 18.7 Å². The molecular formula is C23H25N7O4S. The van der Waals surface area contributed by atoms with Crippen LogP contribution in [-0.4, -0.2) is 59.3 Å². The number of amides is 1. The second-order valence-corrected chi connectivity index (χ2v) is 9.89. The zero-order valence-electron chi connectivity index (χ0n) is 19.1. The van der Waals surface area contributed by atoms with Gasteiger partial charge in [0.15, 0.2) is 5.84 Å². The number of ether oxygens (including phenoxy) is 1. The highest BCUT2D eigenvalue weighted by atomic mass is 32.2. The van der Waals surface area contributed by atoms with Gasteiger partial charge in [-0.2, -0.15) is 8.42 Å². The minimum atomic E-state index is -3.86. The van der Waals surface area contributed by atoms with Gasteiger partial charge in [-0.15, -0.1) is 4.40 Å². The van der Waals surface area contributed by atoms with E-state index >= 15 is 0 Å². The Morgan fingerprint density at radius 3 is 2.91 bits per heavy atom. The lowest BCUT2D eigenvalue weighted by Gasteiger charge is -2.33. The average molecular weight is 496 g/mol. The fourth-order valence-corrected chi connectivity index (χ4v) is 5.26. The zero-order valence-corrected chi connectivity index (χ0v) is 19.9. The Hall–Kier alpha value is -3.93. The van der Waals surface area contributed by atoms with Gasteiger partial charge in [-0.25, -0.2) is 9.97 Å². The Kier molecular flexibility index (Phi) is 5.89. The molecule has 3 N–H and O–H groups in total. The summed E-state index contributed by atoms with van der Waals surface area (Å²) in [4.78, 5) is 23.7. The summed E-state index contributed by atoms with van der Waals surface area (Å²) in [6.45, 7) is 3.45. The van der Waals surface area contributed by atoms with Crippen molar-refractivity contribution in [1.29, 1.82) is 0 Å². The van der Waals surface area contributed by atoms with Gasteiger partial charge in [0.05, 0.1) is 17.9 Å². The van der Waals surface area contributed by atoms with E-state index < -0.39 is 10.2 Å². The first kappa shape index (κ1) is 22.8. The number of carbonyl (C=O) groups excluding carboxylic acids is 1. The van der Waals surface area contributed by atoms with Crippen molar-refractivity contribution in [3.8, 4) is 11.6 Å². The van der Waals surface area contributed by atoms with Crippen molar-refractivity contribution in [1.82, 2.24) is 19.4 Å². The molecule has 2 aliphatic rings. The van der Waals surface area contributed by atoms with Crippen LogP contribution in [0.5, 0.6) is 5.75 Å². The summed E-state index contributed by atoms with van der Waals surface area (Å²) < 4.78 is 37.4. The lowest BCUT2D eigenvalue weighted by atomic mass is 9.98. The van der Waals surface area contributed by atoms with Crippen molar-refractivity contribution in [2.45, 2.75) is 19.8 Å². The normalized spacial score (nSPS) is 18.8. The van der Waals surface area contributed by atoms with Gasteiger partial charge in [-0.3, -0.25) is 14.1 Å². The lowest BCUT2D eigenvalue weighted by molar-refractivity contribution is 0.0633. The van der Waals surface area contributed by atoms with E-state index in [1.54, 1.807) is 42.7 Å². The molecule has 0 radical (unpaired) electrons. The second-order valence-electron chi connectivity index (χ2n) is 8.55. The van der Waals surface area contributed by atoms with Gasteiger partial charge in [-0.1, -0.05) is 6.07 Å². The SMILES string of the molecule is Cc1nccn1-c1cc(C(=O)N2CCC[C@H](COc3cccc4c3C(N)=NS(=O)(=O)N4)C2)ccn1. The van der Waals surface area contributed by atoms with Crippen molar-refractivity contribution >= 4 is 27.6 Å². The van der Waals surface area contributed by atoms with Crippen molar-refractivity contribution in [2.24, 2.45) is 16.0 Å². The number of carbonyl (C=O) groups is 1. The van der Waals surface area contributed by atoms with E-state index in [1.807, 2.05) is 22.6 Å². The molecule has 35 heavy (non-hydrogen) atoms. The van der Waals surface area contributed by atoms with Gasteiger partial charge in [-0.05, 0) is 44.0 Å².